The van der Waals surface area contributed by atoms with Gasteiger partial charge in [0.2, 0.25) is 0 Å². The number of nitrogens with one attached hydrogen (secondary N) is 2. The summed E-state index contributed by atoms with van der Waals surface area (Å²) in [5.41, 5.74) is 0.503. The SMILES string of the molecule is CC(O)(C(=O)NCCS(C)(=O)=O)c1ccc2c3c(ccc2c1)C(c1noc(-c2ccccc2)c1C(F)(F)F)ON3. The summed E-state index contributed by atoms with van der Waals surface area (Å²) < 4.78 is 70.4. The molecular formula is C27H24F3N3O6S. The van der Waals surface area contributed by atoms with Gasteiger partial charge in [-0.1, -0.05) is 59.8 Å². The zero-order valence-electron chi connectivity index (χ0n) is 21.2. The van der Waals surface area contributed by atoms with Crippen LogP contribution in [0.4, 0.5) is 18.9 Å². The molecule has 0 bridgehead atoms. The topological polar surface area (TPSA) is 131 Å². The van der Waals surface area contributed by atoms with Crippen molar-refractivity contribution in [3.63, 3.8) is 0 Å². The molecule has 1 aliphatic rings. The zero-order valence-corrected chi connectivity index (χ0v) is 22.1. The van der Waals surface area contributed by atoms with Gasteiger partial charge in [0.15, 0.2) is 17.5 Å². The summed E-state index contributed by atoms with van der Waals surface area (Å²) in [7, 11) is -3.30. The lowest BCUT2D eigenvalue weighted by atomic mass is 9.91. The van der Waals surface area contributed by atoms with E-state index in [9.17, 15) is 31.5 Å². The normalized spacial score (nSPS) is 16.8. The van der Waals surface area contributed by atoms with Crippen molar-refractivity contribution in [2.75, 3.05) is 24.0 Å². The molecule has 4 aromatic rings. The third-order valence-corrected chi connectivity index (χ3v) is 7.61. The molecule has 0 saturated heterocycles. The third kappa shape index (κ3) is 5.15. The number of alkyl halides is 3. The van der Waals surface area contributed by atoms with Gasteiger partial charge in [-0.2, -0.15) is 13.2 Å². The van der Waals surface area contributed by atoms with E-state index in [4.69, 9.17) is 9.36 Å². The Balaban J connectivity index is 1.48. The zero-order chi connectivity index (χ0) is 28.9. The van der Waals surface area contributed by atoms with Gasteiger partial charge in [0.05, 0.1) is 11.4 Å². The molecule has 0 aliphatic carbocycles. The minimum Gasteiger partial charge on any atom is -0.376 e. The molecule has 2 unspecified atom stereocenters. The molecule has 40 heavy (non-hydrogen) atoms. The number of anilines is 1. The first-order valence-corrected chi connectivity index (χ1v) is 14.1. The molecule has 0 spiro atoms. The minimum absolute atomic E-state index is 0.161. The second kappa shape index (κ2) is 9.91. The molecule has 0 saturated carbocycles. The number of carbonyl (C=O) groups is 1. The fourth-order valence-corrected chi connectivity index (χ4v) is 5.03. The first-order valence-electron chi connectivity index (χ1n) is 12.1. The van der Waals surface area contributed by atoms with Crippen LogP contribution in [-0.4, -0.2) is 43.1 Å². The van der Waals surface area contributed by atoms with E-state index in [1.807, 2.05) is 0 Å². The van der Waals surface area contributed by atoms with Crippen LogP contribution >= 0.6 is 0 Å². The number of sulfone groups is 1. The van der Waals surface area contributed by atoms with E-state index in [1.165, 1.54) is 25.1 Å². The summed E-state index contributed by atoms with van der Waals surface area (Å²) in [4.78, 5) is 18.2. The number of fused-ring (bicyclic) bond motifs is 3. The van der Waals surface area contributed by atoms with Gasteiger partial charge in [-0.3, -0.25) is 15.1 Å². The van der Waals surface area contributed by atoms with Crippen molar-refractivity contribution in [1.82, 2.24) is 10.5 Å². The molecule has 0 radical (unpaired) electrons. The number of rotatable bonds is 7. The van der Waals surface area contributed by atoms with Gasteiger partial charge in [0.25, 0.3) is 5.91 Å². The Hall–Kier alpha value is -3.94. The molecule has 13 heteroatoms. The fourth-order valence-electron chi connectivity index (χ4n) is 4.56. The van der Waals surface area contributed by atoms with Crippen LogP contribution < -0.4 is 10.8 Å². The highest BCUT2D eigenvalue weighted by molar-refractivity contribution is 7.90. The molecule has 2 atom stereocenters. The highest BCUT2D eigenvalue weighted by Crippen LogP contribution is 2.48. The predicted molar refractivity (Wildman–Crippen MR) is 140 cm³/mol. The summed E-state index contributed by atoms with van der Waals surface area (Å²) in [6.45, 7) is 1.12. The first-order chi connectivity index (χ1) is 18.8. The average molecular weight is 576 g/mol. The molecule has 0 fully saturated rings. The minimum atomic E-state index is -4.77. The summed E-state index contributed by atoms with van der Waals surface area (Å²) in [6, 6.07) is 15.7. The lowest BCUT2D eigenvalue weighted by Gasteiger charge is -2.23. The number of hydrogen-bond donors (Lipinski definition) is 3. The van der Waals surface area contributed by atoms with Gasteiger partial charge < -0.3 is 14.9 Å². The molecule has 1 aliphatic heterocycles. The van der Waals surface area contributed by atoms with Gasteiger partial charge >= 0.3 is 6.18 Å². The molecule has 1 amide bonds. The maximum Gasteiger partial charge on any atom is 0.422 e. The van der Waals surface area contributed by atoms with E-state index in [0.29, 0.717) is 22.0 Å². The standard InChI is InChI=1S/C27H24F3N3O6S/c1-26(35,25(34)31-12-13-40(2,36)37)17-9-11-18-16(14-17)8-10-19-21(18)32-39-24(19)22-20(27(28,29)30)23(38-33-22)15-6-4-3-5-7-15/h3-11,14,24,32,35H,12-13H2,1-2H3,(H,31,34). The number of carbonyl (C=O) groups excluding carboxylic acids is 1. The summed E-state index contributed by atoms with van der Waals surface area (Å²) in [5.74, 6) is -1.47. The Labute approximate surface area is 226 Å². The van der Waals surface area contributed by atoms with Gasteiger partial charge in [-0.15, -0.1) is 0 Å². The summed E-state index contributed by atoms with van der Waals surface area (Å²) >= 11 is 0. The van der Waals surface area contributed by atoms with Crippen molar-refractivity contribution in [2.24, 2.45) is 0 Å². The third-order valence-electron chi connectivity index (χ3n) is 6.66. The number of amides is 1. The quantitative estimate of drug-likeness (QED) is 0.297. The molecule has 210 valence electrons. The monoisotopic (exact) mass is 575 g/mol. The Morgan fingerprint density at radius 3 is 2.52 bits per heavy atom. The molecule has 1 aromatic heterocycles. The van der Waals surface area contributed by atoms with E-state index >= 15 is 0 Å². The van der Waals surface area contributed by atoms with Gasteiger partial charge in [-0.05, 0) is 23.9 Å². The van der Waals surface area contributed by atoms with Gasteiger partial charge in [0.1, 0.15) is 21.1 Å². The van der Waals surface area contributed by atoms with Crippen molar-refractivity contribution < 1.29 is 40.9 Å². The number of benzene rings is 3. The van der Waals surface area contributed by atoms with E-state index in [0.717, 1.165) is 6.26 Å². The molecule has 2 heterocycles. The van der Waals surface area contributed by atoms with E-state index in [2.05, 4.69) is 16.0 Å². The molecule has 3 aromatic carbocycles. The molecule has 3 N–H and O–H groups in total. The first kappa shape index (κ1) is 27.6. The lowest BCUT2D eigenvalue weighted by Crippen LogP contribution is -2.43. The molecule has 5 rings (SSSR count). The number of aromatic nitrogens is 1. The fraction of sp³-hybridized carbons (Fsp3) is 0.259. The van der Waals surface area contributed by atoms with Crippen LogP contribution in [0.1, 0.15) is 35.4 Å². The number of nitrogens with zero attached hydrogens (tertiary/aromatic N) is 1. The van der Waals surface area contributed by atoms with E-state index in [-0.39, 0.29) is 23.4 Å². The Kier molecular flexibility index (Phi) is 6.84. The second-order valence-electron chi connectivity index (χ2n) is 9.66. The number of hydrogen-bond acceptors (Lipinski definition) is 8. The highest BCUT2D eigenvalue weighted by atomic mass is 32.2. The van der Waals surface area contributed by atoms with Gasteiger partial charge in [-0.25, -0.2) is 8.42 Å². The van der Waals surface area contributed by atoms with Crippen LogP contribution in [0.3, 0.4) is 0 Å². The second-order valence-corrected chi connectivity index (χ2v) is 11.9. The molecule has 9 nitrogen and oxygen atoms in total. The predicted octanol–water partition coefficient (Wildman–Crippen LogP) is 4.33. The summed E-state index contributed by atoms with van der Waals surface area (Å²) in [5, 5.41) is 18.2. The Morgan fingerprint density at radius 2 is 1.85 bits per heavy atom. The van der Waals surface area contributed by atoms with Gasteiger partial charge in [0, 0.05) is 29.3 Å². The Bertz CT molecular complexity index is 1700. The Morgan fingerprint density at radius 1 is 1.12 bits per heavy atom. The van der Waals surface area contributed by atoms with Crippen molar-refractivity contribution in [1.29, 1.82) is 0 Å². The highest BCUT2D eigenvalue weighted by Gasteiger charge is 2.45. The van der Waals surface area contributed by atoms with Crippen LogP contribution in [-0.2, 0) is 31.2 Å². The van der Waals surface area contributed by atoms with E-state index < -0.39 is 50.6 Å². The maximum absolute atomic E-state index is 14.2. The van der Waals surface area contributed by atoms with Crippen LogP contribution in [0.15, 0.2) is 65.2 Å². The van der Waals surface area contributed by atoms with Crippen LogP contribution in [0.2, 0.25) is 0 Å². The maximum atomic E-state index is 14.2. The van der Waals surface area contributed by atoms with Crippen molar-refractivity contribution in [3.8, 4) is 11.3 Å². The smallest absolute Gasteiger partial charge is 0.376 e. The average Bonchev–Trinajstić information content (AvgIpc) is 3.52. The van der Waals surface area contributed by atoms with Crippen LogP contribution in [0, 0.1) is 0 Å². The molecular weight excluding hydrogens is 551 g/mol. The number of halogens is 3. The lowest BCUT2D eigenvalue weighted by molar-refractivity contribution is -0.139. The van der Waals surface area contributed by atoms with Crippen molar-refractivity contribution >= 4 is 32.2 Å². The van der Waals surface area contributed by atoms with Crippen LogP contribution in [0.25, 0.3) is 22.1 Å². The van der Waals surface area contributed by atoms with Crippen LogP contribution in [0.5, 0.6) is 0 Å². The van der Waals surface area contributed by atoms with Crippen molar-refractivity contribution in [2.45, 2.75) is 24.8 Å². The van der Waals surface area contributed by atoms with Crippen molar-refractivity contribution in [3.05, 3.63) is 83.0 Å². The largest absolute Gasteiger partial charge is 0.422 e. The summed E-state index contributed by atoms with van der Waals surface area (Å²) in [6.07, 6.45) is -4.96. The number of aliphatic hydroxyl groups is 1. The van der Waals surface area contributed by atoms with E-state index in [1.54, 1.807) is 42.5 Å².